The molecule has 1 aromatic heterocycles. The van der Waals surface area contributed by atoms with Gasteiger partial charge in [0, 0.05) is 31.3 Å². The summed E-state index contributed by atoms with van der Waals surface area (Å²) < 4.78 is 47.4. The van der Waals surface area contributed by atoms with Gasteiger partial charge in [-0.2, -0.15) is 0 Å². The van der Waals surface area contributed by atoms with E-state index in [0.717, 1.165) is 63.2 Å². The first-order chi connectivity index (χ1) is 29.0. The fraction of sp³-hybridized carbons (Fsp3) is 0.630. The Bertz CT molecular complexity index is 2110. The average Bonchev–Trinajstić information content (AvgIpc) is 4.02. The van der Waals surface area contributed by atoms with Gasteiger partial charge in [0.25, 0.3) is 0 Å². The zero-order valence-electron chi connectivity index (χ0n) is 34.4. The highest BCUT2D eigenvalue weighted by Crippen LogP contribution is 2.57. The summed E-state index contributed by atoms with van der Waals surface area (Å²) >= 11 is 0. The van der Waals surface area contributed by atoms with Gasteiger partial charge in [-0.15, -0.1) is 6.58 Å². The molecule has 0 unspecified atom stereocenters. The lowest BCUT2D eigenvalue weighted by Crippen LogP contribution is -2.47. The molecule has 7 atom stereocenters. The number of hydrogen-bond acceptors (Lipinski definition) is 11. The molecule has 4 saturated carbocycles. The van der Waals surface area contributed by atoms with Crippen LogP contribution in [-0.2, 0) is 40.4 Å². The third kappa shape index (κ3) is 9.00. The van der Waals surface area contributed by atoms with Crippen molar-refractivity contribution in [2.24, 2.45) is 29.1 Å². The smallest absolute Gasteiger partial charge is 0.306 e. The van der Waals surface area contributed by atoms with E-state index in [-0.39, 0.29) is 81.0 Å². The number of fused-ring (bicyclic) bond motifs is 5. The van der Waals surface area contributed by atoms with Crippen LogP contribution in [0.1, 0.15) is 108 Å². The topological polar surface area (TPSA) is 178 Å². The summed E-state index contributed by atoms with van der Waals surface area (Å²) in [5, 5.41) is 9.79. The van der Waals surface area contributed by atoms with E-state index in [4.69, 9.17) is 19.2 Å². The molecule has 2 aromatic rings. The Morgan fingerprint density at radius 3 is 2.55 bits per heavy atom. The molecule has 1 saturated heterocycles. The first-order valence-corrected chi connectivity index (χ1v) is 23.7. The highest BCUT2D eigenvalue weighted by atomic mass is 32.2. The summed E-state index contributed by atoms with van der Waals surface area (Å²) in [4.78, 5) is 63.9. The molecular weight excluding hydrogens is 787 g/mol. The molecule has 1 aromatic carbocycles. The number of benzene rings is 1. The van der Waals surface area contributed by atoms with Crippen molar-refractivity contribution in [3.05, 3.63) is 54.6 Å². The lowest BCUT2D eigenvalue weighted by Gasteiger charge is -2.31. The molecule has 2 bridgehead atoms. The van der Waals surface area contributed by atoms with Gasteiger partial charge in [0.15, 0.2) is 5.78 Å². The molecule has 13 nitrogen and oxygen atoms in total. The number of carbonyl (C=O) groups excluding carboxylic acids is 4. The number of pyridine rings is 1. The number of aliphatic hydroxyl groups excluding tert-OH is 1. The molecule has 2 N–H and O–H groups in total. The quantitative estimate of drug-likeness (QED) is 0.148. The minimum Gasteiger partial charge on any atom is -0.492 e. The number of para-hydroxylation sites is 1. The van der Waals surface area contributed by atoms with Crippen molar-refractivity contribution in [2.75, 3.05) is 19.8 Å². The van der Waals surface area contributed by atoms with E-state index < -0.39 is 50.6 Å². The fourth-order valence-corrected chi connectivity index (χ4v) is 11.7. The lowest BCUT2D eigenvalue weighted by molar-refractivity contribution is -0.156. The van der Waals surface area contributed by atoms with Crippen LogP contribution in [0, 0.1) is 29.1 Å². The standard InChI is InChI=1S/C46H59N3O10S/c1-2-31-26-46(31,45(54)48-60(55,56)33-20-21-33)27-39(51)38-24-32-28-49(38)44(53)36(29-12-6-7-13-29)25-41(52)59-40-19-10-15-30(40)14-4-3-5-17-35-42(57-23-11-22-50)34-16-8-9-18-37(34)47-43(35)58-32/h2-3,5,8-9,16,18,29-33,36,38,40,50H,1,4,6-7,10-15,17,19-28H2,(H,48,54)/b5-3+/t30-,31-,32-,36+,38+,40-,46-/m1/s1. The Hall–Kier alpha value is -4.30. The van der Waals surface area contributed by atoms with Crippen molar-refractivity contribution in [1.29, 1.82) is 0 Å². The SMILES string of the molecule is C=C[C@@H]1C[C@]1(CC(=O)[C@@H]1C[C@@H]2CN1C(=O)[C@H](C1CCCC1)CC(=O)O[C@@H]1CCC[C@H]1CC/C=C/Cc1c(nc3ccccc3c1OCCCO)O2)C(=O)NS(=O)(=O)C1CC1. The Balaban J connectivity index is 1.16. The highest BCUT2D eigenvalue weighted by Gasteiger charge is 2.61. The number of ether oxygens (including phenoxy) is 3. The molecule has 5 fully saturated rings. The largest absolute Gasteiger partial charge is 0.492 e. The summed E-state index contributed by atoms with van der Waals surface area (Å²) in [6.45, 7) is 4.16. The van der Waals surface area contributed by atoms with E-state index in [2.05, 4.69) is 23.5 Å². The Labute approximate surface area is 352 Å². The van der Waals surface area contributed by atoms with Gasteiger partial charge in [-0.05, 0) is 101 Å². The minimum atomic E-state index is -3.87. The van der Waals surface area contributed by atoms with Crippen LogP contribution in [0.25, 0.3) is 10.9 Å². The van der Waals surface area contributed by atoms with Crippen molar-refractivity contribution < 1.29 is 46.9 Å². The summed E-state index contributed by atoms with van der Waals surface area (Å²) in [5.41, 5.74) is 0.0609. The third-order valence-corrected chi connectivity index (χ3v) is 15.8. The predicted octanol–water partition coefficient (Wildman–Crippen LogP) is 5.91. The number of aromatic nitrogens is 1. The van der Waals surface area contributed by atoms with Crippen LogP contribution in [0.4, 0.5) is 0 Å². The van der Waals surface area contributed by atoms with Crippen LogP contribution in [0.5, 0.6) is 11.6 Å². The van der Waals surface area contributed by atoms with Crippen LogP contribution in [0.15, 0.2) is 49.1 Å². The molecule has 0 spiro atoms. The number of hydrogen-bond donors (Lipinski definition) is 2. The number of aliphatic hydroxyl groups is 1. The fourth-order valence-electron chi connectivity index (χ4n) is 10.3. The number of nitrogens with one attached hydrogen (secondary N) is 1. The van der Waals surface area contributed by atoms with Crippen molar-refractivity contribution in [2.45, 2.75) is 133 Å². The van der Waals surface area contributed by atoms with Crippen LogP contribution in [-0.4, -0.2) is 90.2 Å². The second-order valence-corrected chi connectivity index (χ2v) is 20.0. The molecule has 2 amide bonds. The van der Waals surface area contributed by atoms with Crippen molar-refractivity contribution >= 4 is 44.5 Å². The van der Waals surface area contributed by atoms with E-state index in [1.54, 1.807) is 11.0 Å². The molecule has 0 radical (unpaired) electrons. The first-order valence-electron chi connectivity index (χ1n) is 22.2. The first kappa shape index (κ1) is 42.4. The number of rotatable bonds is 12. The molecule has 4 aliphatic carbocycles. The molecule has 324 valence electrons. The van der Waals surface area contributed by atoms with Gasteiger partial charge < -0.3 is 24.2 Å². The number of nitrogens with zero attached hydrogens (tertiary/aromatic N) is 2. The molecule has 60 heavy (non-hydrogen) atoms. The number of sulfonamides is 1. The molecule has 6 aliphatic rings. The number of allylic oxidation sites excluding steroid dienone is 3. The molecular formula is C46H59N3O10S. The maximum absolute atomic E-state index is 15.1. The molecule has 8 rings (SSSR count). The van der Waals surface area contributed by atoms with Gasteiger partial charge in [0.1, 0.15) is 18.0 Å². The molecule has 14 heteroatoms. The summed E-state index contributed by atoms with van der Waals surface area (Å²) in [7, 11) is -3.87. The van der Waals surface area contributed by atoms with Crippen LogP contribution in [0.3, 0.4) is 0 Å². The maximum atomic E-state index is 15.1. The van der Waals surface area contributed by atoms with E-state index >= 15 is 4.79 Å². The summed E-state index contributed by atoms with van der Waals surface area (Å²) in [6.07, 6.45) is 14.6. The van der Waals surface area contributed by atoms with Crippen molar-refractivity contribution in [3.8, 4) is 11.6 Å². The number of ketones is 1. The van der Waals surface area contributed by atoms with E-state index in [1.807, 2.05) is 24.3 Å². The van der Waals surface area contributed by atoms with Crippen LogP contribution in [0.2, 0.25) is 0 Å². The maximum Gasteiger partial charge on any atom is 0.306 e. The number of Topliss-reactive ketones (excluding diaryl/α,β-unsaturated/α-hetero) is 1. The van der Waals surface area contributed by atoms with Crippen molar-refractivity contribution in [3.63, 3.8) is 0 Å². The normalized spacial score (nSPS) is 30.6. The second-order valence-electron chi connectivity index (χ2n) is 18.0. The Morgan fingerprint density at radius 1 is 1.02 bits per heavy atom. The highest BCUT2D eigenvalue weighted by molar-refractivity contribution is 7.90. The zero-order chi connectivity index (χ0) is 42.0. The van der Waals surface area contributed by atoms with Gasteiger partial charge in [-0.25, -0.2) is 13.4 Å². The molecule has 3 heterocycles. The van der Waals surface area contributed by atoms with E-state index in [0.29, 0.717) is 48.4 Å². The Morgan fingerprint density at radius 2 is 1.80 bits per heavy atom. The van der Waals surface area contributed by atoms with Gasteiger partial charge in [-0.1, -0.05) is 43.2 Å². The number of carbonyl (C=O) groups is 4. The lowest BCUT2D eigenvalue weighted by atomic mass is 9.86. The van der Waals surface area contributed by atoms with Crippen molar-refractivity contribution in [1.82, 2.24) is 14.6 Å². The van der Waals surface area contributed by atoms with Gasteiger partial charge in [0.05, 0.1) is 53.3 Å². The van der Waals surface area contributed by atoms with E-state index in [9.17, 15) is 27.9 Å². The molecule has 2 aliphatic heterocycles. The summed E-state index contributed by atoms with van der Waals surface area (Å²) in [5.74, 6) is -1.79. The second kappa shape index (κ2) is 18.0. The van der Waals surface area contributed by atoms with E-state index in [1.165, 1.54) is 0 Å². The van der Waals surface area contributed by atoms with Gasteiger partial charge in [-0.3, -0.25) is 23.9 Å². The van der Waals surface area contributed by atoms with Gasteiger partial charge in [0.2, 0.25) is 27.7 Å². The number of esters is 1. The van der Waals surface area contributed by atoms with Crippen LogP contribution >= 0.6 is 0 Å². The summed E-state index contributed by atoms with van der Waals surface area (Å²) in [6, 6.07) is 6.62. The van der Waals surface area contributed by atoms with Crippen LogP contribution < -0.4 is 14.2 Å². The third-order valence-electron chi connectivity index (χ3n) is 13.9. The minimum absolute atomic E-state index is 0.0326. The monoisotopic (exact) mass is 845 g/mol. The zero-order valence-corrected chi connectivity index (χ0v) is 35.3. The predicted molar refractivity (Wildman–Crippen MR) is 223 cm³/mol. The Kier molecular flexibility index (Phi) is 12.7. The average molecular weight is 846 g/mol. The number of amides is 2. The van der Waals surface area contributed by atoms with Gasteiger partial charge >= 0.3 is 5.97 Å².